The van der Waals surface area contributed by atoms with Gasteiger partial charge in [0.25, 0.3) is 5.91 Å². The lowest BCUT2D eigenvalue weighted by Gasteiger charge is -2.30. The van der Waals surface area contributed by atoms with Crippen LogP contribution in [0, 0.1) is 11.7 Å². The average Bonchev–Trinajstić information content (AvgIpc) is 3.29. The highest BCUT2D eigenvalue weighted by atomic mass is 32.1. The number of hydrogen-bond acceptors (Lipinski definition) is 8. The fraction of sp³-hybridized carbons (Fsp3) is 0.594. The van der Waals surface area contributed by atoms with Gasteiger partial charge in [0.2, 0.25) is 11.8 Å². The molecule has 46 heavy (non-hydrogen) atoms. The molecule has 1 aromatic rings. The van der Waals surface area contributed by atoms with Gasteiger partial charge >= 0.3 is 12.2 Å². The van der Waals surface area contributed by atoms with Crippen LogP contribution in [-0.4, -0.2) is 75.6 Å². The molecule has 3 aliphatic heterocycles. The molecule has 14 heteroatoms. The number of allylic oxidation sites excluding steroid dienone is 1. The molecule has 1 aliphatic carbocycles. The molecule has 0 unspecified atom stereocenters. The third-order valence-corrected chi connectivity index (χ3v) is 9.09. The van der Waals surface area contributed by atoms with Gasteiger partial charge < -0.3 is 29.7 Å². The maximum absolute atomic E-state index is 14.3. The molecule has 5 atom stereocenters. The first-order valence-corrected chi connectivity index (χ1v) is 16.2. The largest absolute Gasteiger partial charge is 0.444 e. The number of benzene rings is 1. The van der Waals surface area contributed by atoms with E-state index in [-0.39, 0.29) is 32.0 Å². The smallest absolute Gasteiger partial charge is 0.410 e. The first kappa shape index (κ1) is 33.6. The molecule has 0 radical (unpaired) electrons. The number of ether oxygens (including phenoxy) is 2. The molecule has 1 aromatic carbocycles. The summed E-state index contributed by atoms with van der Waals surface area (Å²) in [6, 6.07) is 2.57. The van der Waals surface area contributed by atoms with Gasteiger partial charge in [-0.25, -0.2) is 14.0 Å². The zero-order valence-electron chi connectivity index (χ0n) is 26.3. The number of carbonyl (C=O) groups is 5. The Morgan fingerprint density at radius 2 is 1.91 bits per heavy atom. The van der Waals surface area contributed by atoms with Gasteiger partial charge in [0.15, 0.2) is 0 Å². The van der Waals surface area contributed by atoms with Gasteiger partial charge in [-0.15, -0.1) is 0 Å². The minimum Gasteiger partial charge on any atom is -0.444 e. The predicted octanol–water partition coefficient (Wildman–Crippen LogP) is 3.50. The first-order chi connectivity index (χ1) is 21.8. The highest BCUT2D eigenvalue weighted by Gasteiger charge is 2.61. The number of amides is 5. The number of nitrogens with one attached hydrogen (secondary N) is 3. The number of carbonyl (C=O) groups excluding carboxylic acids is 5. The van der Waals surface area contributed by atoms with E-state index in [1.54, 1.807) is 32.9 Å². The van der Waals surface area contributed by atoms with Crippen molar-refractivity contribution in [2.24, 2.45) is 5.92 Å². The first-order valence-electron chi connectivity index (χ1n) is 15.8. The second-order valence-electron chi connectivity index (χ2n) is 13.5. The Morgan fingerprint density at radius 1 is 1.13 bits per heavy atom. The number of halogens is 1. The lowest BCUT2D eigenvalue weighted by Crippen LogP contribution is -2.57. The standard InChI is InChI=1S/C32H42FN5O7S/c1-31(2,3)45-29(42)34-24-13-8-6-4-5-7-11-20-15-32(20,28(41)36-46)35-26(39)25-14-21(17-38(25)27(24)40)44-30(43)37-16-19-10-9-12-23(33)22(19)18-37/h7,9-12,20-21,24-25,46H,4-6,8,13-18H2,1-3H3,(H,34,42)(H,35,39)(H,36,41)/b11-7-/t20-,21-,24+,25+,32-/m1/s1. The van der Waals surface area contributed by atoms with Crippen molar-refractivity contribution in [3.63, 3.8) is 0 Å². The van der Waals surface area contributed by atoms with E-state index < -0.39 is 65.1 Å². The summed E-state index contributed by atoms with van der Waals surface area (Å²) in [6.45, 7) is 5.25. The van der Waals surface area contributed by atoms with Crippen molar-refractivity contribution in [2.45, 2.75) is 108 Å². The zero-order chi connectivity index (χ0) is 33.2. The zero-order valence-corrected chi connectivity index (χ0v) is 27.2. The average molecular weight is 660 g/mol. The minimum atomic E-state index is -1.22. The van der Waals surface area contributed by atoms with E-state index in [4.69, 9.17) is 9.47 Å². The van der Waals surface area contributed by atoms with Crippen LogP contribution in [0.2, 0.25) is 0 Å². The van der Waals surface area contributed by atoms with Crippen LogP contribution in [0.15, 0.2) is 30.4 Å². The molecule has 2 fully saturated rings. The quantitative estimate of drug-likeness (QED) is 0.287. The van der Waals surface area contributed by atoms with Crippen molar-refractivity contribution in [3.05, 3.63) is 47.3 Å². The highest BCUT2D eigenvalue weighted by molar-refractivity contribution is 7.78. The van der Waals surface area contributed by atoms with Crippen molar-refractivity contribution in [2.75, 3.05) is 6.54 Å². The van der Waals surface area contributed by atoms with Crippen LogP contribution in [0.5, 0.6) is 0 Å². The molecule has 1 saturated heterocycles. The van der Waals surface area contributed by atoms with E-state index in [9.17, 15) is 28.4 Å². The Labute approximate surface area is 273 Å². The Balaban J connectivity index is 1.38. The molecule has 250 valence electrons. The lowest BCUT2D eigenvalue weighted by atomic mass is 10.0. The molecule has 3 heterocycles. The van der Waals surface area contributed by atoms with Crippen LogP contribution in [0.3, 0.4) is 0 Å². The number of thiol groups is 1. The molecular weight excluding hydrogens is 617 g/mol. The summed E-state index contributed by atoms with van der Waals surface area (Å²) in [5.41, 5.74) is -0.916. The van der Waals surface area contributed by atoms with Crippen molar-refractivity contribution < 1.29 is 37.8 Å². The van der Waals surface area contributed by atoms with Crippen LogP contribution in [0.25, 0.3) is 0 Å². The molecule has 5 amide bonds. The molecule has 3 N–H and O–H groups in total. The van der Waals surface area contributed by atoms with Crippen molar-refractivity contribution in [1.29, 1.82) is 0 Å². The third kappa shape index (κ3) is 7.42. The molecule has 4 aliphatic rings. The second kappa shape index (κ2) is 13.5. The molecule has 0 spiro atoms. The molecule has 1 saturated carbocycles. The van der Waals surface area contributed by atoms with Gasteiger partial charge in [-0.3, -0.25) is 19.3 Å². The van der Waals surface area contributed by atoms with Crippen molar-refractivity contribution in [3.8, 4) is 0 Å². The minimum absolute atomic E-state index is 0.0311. The molecular formula is C32H42FN5O7S. The van der Waals surface area contributed by atoms with Crippen LogP contribution < -0.4 is 15.4 Å². The molecule has 12 nitrogen and oxygen atoms in total. The summed E-state index contributed by atoms with van der Waals surface area (Å²) < 4.78 is 27.9. The SMILES string of the molecule is CC(C)(C)OC(=O)N[C@H]1CCCCC/C=C\[C@@H]2C[C@@]2(C(=O)NS)NC(=O)[C@@H]2C[C@@H](OC(=O)N3Cc4cccc(F)c4C3)CN2C1=O. The maximum Gasteiger partial charge on any atom is 0.410 e. The van der Waals surface area contributed by atoms with Crippen molar-refractivity contribution >= 4 is 42.7 Å². The third-order valence-electron chi connectivity index (χ3n) is 8.89. The monoisotopic (exact) mass is 659 g/mol. The van der Waals surface area contributed by atoms with Gasteiger partial charge in [0.05, 0.1) is 13.1 Å². The second-order valence-corrected chi connectivity index (χ2v) is 13.7. The summed E-state index contributed by atoms with van der Waals surface area (Å²) in [7, 11) is 0. The van der Waals surface area contributed by atoms with E-state index in [0.29, 0.717) is 30.4 Å². The number of nitrogens with zero attached hydrogens (tertiary/aromatic N) is 2. The Kier molecular flexibility index (Phi) is 9.85. The van der Waals surface area contributed by atoms with E-state index in [1.165, 1.54) is 15.9 Å². The highest BCUT2D eigenvalue weighted by Crippen LogP contribution is 2.45. The number of fused-ring (bicyclic) bond motifs is 3. The van der Waals surface area contributed by atoms with Gasteiger partial charge in [0.1, 0.15) is 35.1 Å². The van der Waals surface area contributed by atoms with Crippen LogP contribution in [-0.2, 0) is 36.9 Å². The molecule has 0 bridgehead atoms. The topological polar surface area (TPSA) is 146 Å². The lowest BCUT2D eigenvalue weighted by molar-refractivity contribution is -0.141. The summed E-state index contributed by atoms with van der Waals surface area (Å²) in [5.74, 6) is -2.22. The fourth-order valence-electron chi connectivity index (χ4n) is 6.44. The molecule has 5 rings (SSSR count). The normalized spacial score (nSPS) is 28.8. The number of hydrogen-bond donors (Lipinski definition) is 4. The van der Waals surface area contributed by atoms with E-state index in [0.717, 1.165) is 19.3 Å². The maximum atomic E-state index is 14.3. The number of rotatable bonds is 3. The fourth-order valence-corrected chi connectivity index (χ4v) is 6.64. The number of alkyl carbamates (subject to hydrolysis) is 1. The van der Waals surface area contributed by atoms with Crippen LogP contribution >= 0.6 is 12.8 Å². The van der Waals surface area contributed by atoms with Gasteiger partial charge in [0, 0.05) is 24.4 Å². The van der Waals surface area contributed by atoms with E-state index in [1.807, 2.05) is 12.2 Å². The summed E-state index contributed by atoms with van der Waals surface area (Å²) in [6.07, 6.45) is 5.25. The summed E-state index contributed by atoms with van der Waals surface area (Å²) in [4.78, 5) is 69.6. The van der Waals surface area contributed by atoms with E-state index in [2.05, 4.69) is 28.2 Å². The van der Waals surface area contributed by atoms with Gasteiger partial charge in [-0.1, -0.05) is 49.9 Å². The van der Waals surface area contributed by atoms with Crippen molar-refractivity contribution in [1.82, 2.24) is 25.2 Å². The molecule has 0 aromatic heterocycles. The Hall–Kier alpha value is -3.81. The van der Waals surface area contributed by atoms with Gasteiger partial charge in [-0.2, -0.15) is 0 Å². The Morgan fingerprint density at radius 3 is 2.63 bits per heavy atom. The summed E-state index contributed by atoms with van der Waals surface area (Å²) >= 11 is 3.94. The summed E-state index contributed by atoms with van der Waals surface area (Å²) in [5, 5.41) is 5.55. The van der Waals surface area contributed by atoms with Crippen LogP contribution in [0.1, 0.15) is 76.8 Å². The van der Waals surface area contributed by atoms with E-state index >= 15 is 0 Å². The Bertz CT molecular complexity index is 1420. The van der Waals surface area contributed by atoms with Crippen LogP contribution in [0.4, 0.5) is 14.0 Å². The van der Waals surface area contributed by atoms with Gasteiger partial charge in [-0.05, 0) is 58.1 Å². The predicted molar refractivity (Wildman–Crippen MR) is 168 cm³/mol.